The molecular formula is C44H82NO8P. The Morgan fingerprint density at radius 3 is 1.57 bits per heavy atom. The summed E-state index contributed by atoms with van der Waals surface area (Å²) in [6, 6.07) is 0. The Morgan fingerprint density at radius 1 is 0.574 bits per heavy atom. The van der Waals surface area contributed by atoms with E-state index in [0.29, 0.717) is 17.4 Å². The normalized spacial score (nSPS) is 14.0. The van der Waals surface area contributed by atoms with Crippen molar-refractivity contribution in [3.05, 3.63) is 36.5 Å². The molecule has 0 spiro atoms. The highest BCUT2D eigenvalue weighted by molar-refractivity contribution is 7.45. The van der Waals surface area contributed by atoms with Gasteiger partial charge in [-0.05, 0) is 64.2 Å². The number of esters is 2. The van der Waals surface area contributed by atoms with Crippen LogP contribution in [0.4, 0.5) is 0 Å². The number of carbonyl (C=O) groups is 2. The molecule has 0 aliphatic rings. The van der Waals surface area contributed by atoms with Gasteiger partial charge in [-0.25, -0.2) is 0 Å². The molecule has 54 heavy (non-hydrogen) atoms. The van der Waals surface area contributed by atoms with E-state index in [1.54, 1.807) is 0 Å². The van der Waals surface area contributed by atoms with Crippen LogP contribution in [0.5, 0.6) is 0 Å². The maximum absolute atomic E-state index is 12.6. The lowest BCUT2D eigenvalue weighted by molar-refractivity contribution is -0.870. The van der Waals surface area contributed by atoms with Crippen molar-refractivity contribution in [3.8, 4) is 0 Å². The first-order valence-electron chi connectivity index (χ1n) is 21.7. The molecule has 0 radical (unpaired) electrons. The summed E-state index contributed by atoms with van der Waals surface area (Å²) in [7, 11) is 1.14. The van der Waals surface area contributed by atoms with Gasteiger partial charge in [0.15, 0.2) is 6.10 Å². The minimum absolute atomic E-state index is 0.0370. The lowest BCUT2D eigenvalue weighted by atomic mass is 10.1. The first kappa shape index (κ1) is 52.2. The van der Waals surface area contributed by atoms with Gasteiger partial charge in [0.2, 0.25) is 0 Å². The summed E-state index contributed by atoms with van der Waals surface area (Å²) in [6.07, 6.45) is 40.3. The molecule has 2 atom stereocenters. The third-order valence-electron chi connectivity index (χ3n) is 9.13. The molecule has 0 saturated carbocycles. The van der Waals surface area contributed by atoms with Crippen LogP contribution in [-0.4, -0.2) is 70.0 Å². The van der Waals surface area contributed by atoms with Crippen LogP contribution in [0.1, 0.15) is 181 Å². The van der Waals surface area contributed by atoms with Crippen molar-refractivity contribution in [1.29, 1.82) is 0 Å². The maximum atomic E-state index is 12.6. The topological polar surface area (TPSA) is 111 Å². The van der Waals surface area contributed by atoms with Crippen molar-refractivity contribution >= 4 is 19.8 Å². The number of rotatable bonds is 39. The van der Waals surface area contributed by atoms with Crippen molar-refractivity contribution in [1.82, 2.24) is 0 Å². The third-order valence-corrected chi connectivity index (χ3v) is 10.1. The molecule has 0 heterocycles. The number of unbranched alkanes of at least 4 members (excludes halogenated alkanes) is 19. The van der Waals surface area contributed by atoms with Gasteiger partial charge in [0.25, 0.3) is 7.82 Å². The quantitative estimate of drug-likeness (QED) is 0.0199. The molecule has 0 aromatic heterocycles. The fourth-order valence-corrected chi connectivity index (χ4v) is 6.39. The minimum atomic E-state index is -4.63. The zero-order valence-corrected chi connectivity index (χ0v) is 36.3. The number of phosphoric acid groups is 1. The average Bonchev–Trinajstić information content (AvgIpc) is 3.12. The van der Waals surface area contributed by atoms with Crippen LogP contribution in [-0.2, 0) is 32.7 Å². The van der Waals surface area contributed by atoms with Gasteiger partial charge >= 0.3 is 11.9 Å². The molecule has 1 unspecified atom stereocenters. The Bertz CT molecular complexity index is 1020. The second-order valence-electron chi connectivity index (χ2n) is 15.7. The molecule has 9 nitrogen and oxygen atoms in total. The number of phosphoric ester groups is 1. The van der Waals surface area contributed by atoms with E-state index in [2.05, 4.69) is 50.3 Å². The number of hydrogen-bond donors (Lipinski definition) is 0. The lowest BCUT2D eigenvalue weighted by Gasteiger charge is -2.28. The Labute approximate surface area is 331 Å². The van der Waals surface area contributed by atoms with E-state index >= 15 is 0 Å². The van der Waals surface area contributed by atoms with Gasteiger partial charge in [-0.15, -0.1) is 0 Å². The van der Waals surface area contributed by atoms with Gasteiger partial charge in [0.1, 0.15) is 19.8 Å². The van der Waals surface area contributed by atoms with Gasteiger partial charge in [-0.3, -0.25) is 14.2 Å². The predicted molar refractivity (Wildman–Crippen MR) is 222 cm³/mol. The van der Waals surface area contributed by atoms with Gasteiger partial charge in [0.05, 0.1) is 27.7 Å². The van der Waals surface area contributed by atoms with E-state index in [0.717, 1.165) is 44.9 Å². The smallest absolute Gasteiger partial charge is 0.306 e. The number of quaternary nitrogens is 1. The molecule has 0 aromatic rings. The molecule has 10 heteroatoms. The van der Waals surface area contributed by atoms with Crippen molar-refractivity contribution in [3.63, 3.8) is 0 Å². The summed E-state index contributed by atoms with van der Waals surface area (Å²) in [5.41, 5.74) is 0. The van der Waals surface area contributed by atoms with Crippen LogP contribution in [0.3, 0.4) is 0 Å². The highest BCUT2D eigenvalue weighted by atomic mass is 31.2. The number of hydrogen-bond acceptors (Lipinski definition) is 8. The fourth-order valence-electron chi connectivity index (χ4n) is 5.66. The van der Waals surface area contributed by atoms with E-state index < -0.39 is 32.5 Å². The Kier molecular flexibility index (Phi) is 35.6. The Morgan fingerprint density at radius 2 is 1.02 bits per heavy atom. The summed E-state index contributed by atoms with van der Waals surface area (Å²) in [5, 5.41) is 0. The molecule has 0 aromatic carbocycles. The summed E-state index contributed by atoms with van der Waals surface area (Å²) < 4.78 is 33.8. The van der Waals surface area contributed by atoms with Crippen molar-refractivity contribution in [2.45, 2.75) is 187 Å². The SMILES string of the molecule is CCCC/C=C/CCCCCCCCCCCC(=O)OC[C@H](COP(=O)([O-])OCC[N+](C)(C)C)OC(=O)CCCC/C=C/C/C=C/CCCCCCCC. The molecule has 0 amide bonds. The van der Waals surface area contributed by atoms with E-state index in [-0.39, 0.29) is 26.1 Å². The largest absolute Gasteiger partial charge is 0.756 e. The average molecular weight is 784 g/mol. The fraction of sp³-hybridized carbons (Fsp3) is 0.818. The molecule has 316 valence electrons. The number of carbonyl (C=O) groups excluding carboxylic acids is 2. The van der Waals surface area contributed by atoms with Gasteiger partial charge in [0, 0.05) is 12.8 Å². The van der Waals surface area contributed by atoms with E-state index in [1.807, 2.05) is 21.1 Å². The second kappa shape index (κ2) is 36.8. The second-order valence-corrected chi connectivity index (χ2v) is 17.1. The molecule has 0 aliphatic heterocycles. The van der Waals surface area contributed by atoms with Crippen LogP contribution in [0, 0.1) is 0 Å². The first-order chi connectivity index (χ1) is 26.0. The van der Waals surface area contributed by atoms with Gasteiger partial charge < -0.3 is 27.9 Å². The van der Waals surface area contributed by atoms with Crippen LogP contribution in [0.15, 0.2) is 36.5 Å². The van der Waals surface area contributed by atoms with E-state index in [9.17, 15) is 19.0 Å². The molecule has 0 aliphatic carbocycles. The summed E-state index contributed by atoms with van der Waals surface area (Å²) in [5.74, 6) is -0.875. The highest BCUT2D eigenvalue weighted by Gasteiger charge is 2.21. The van der Waals surface area contributed by atoms with Crippen molar-refractivity contribution < 1.29 is 42.1 Å². The molecular weight excluding hydrogens is 701 g/mol. The van der Waals surface area contributed by atoms with E-state index in [1.165, 1.54) is 103 Å². The monoisotopic (exact) mass is 784 g/mol. The van der Waals surface area contributed by atoms with E-state index in [4.69, 9.17) is 18.5 Å². The zero-order valence-electron chi connectivity index (χ0n) is 35.4. The lowest BCUT2D eigenvalue weighted by Crippen LogP contribution is -2.37. The van der Waals surface area contributed by atoms with Crippen LogP contribution in [0.2, 0.25) is 0 Å². The maximum Gasteiger partial charge on any atom is 0.306 e. The predicted octanol–water partition coefficient (Wildman–Crippen LogP) is 11.5. The number of allylic oxidation sites excluding steroid dienone is 6. The van der Waals surface area contributed by atoms with Gasteiger partial charge in [-0.2, -0.15) is 0 Å². The Balaban J connectivity index is 4.42. The Hall–Kier alpha value is -1.77. The summed E-state index contributed by atoms with van der Waals surface area (Å²) in [6.45, 7) is 4.15. The molecule has 0 rings (SSSR count). The standard InChI is InChI=1S/C44H82NO8P/c1-6-8-10-12-14-16-18-20-22-24-26-28-30-32-34-36-43(46)50-40-42(41-52-54(48,49)51-39-38-45(3,4)5)53-44(47)37-35-33-31-29-27-25-23-21-19-17-15-13-11-9-7-2/h12,14,21,23,27,29,42H,6-11,13,15-20,22,24-26,28,30-41H2,1-5H3/b14-12+,23-21+,29-27+/t42-/m1/s1. The molecule has 0 N–H and O–H groups in total. The van der Waals surface area contributed by atoms with Crippen LogP contribution in [0.25, 0.3) is 0 Å². The molecule has 0 bridgehead atoms. The summed E-state index contributed by atoms with van der Waals surface area (Å²) in [4.78, 5) is 37.5. The zero-order chi connectivity index (χ0) is 40.0. The molecule has 0 saturated heterocycles. The minimum Gasteiger partial charge on any atom is -0.756 e. The number of nitrogens with zero attached hydrogens (tertiary/aromatic N) is 1. The molecule has 0 fully saturated rings. The number of ether oxygens (including phenoxy) is 2. The van der Waals surface area contributed by atoms with Crippen molar-refractivity contribution in [2.75, 3.05) is 47.5 Å². The summed E-state index contributed by atoms with van der Waals surface area (Å²) >= 11 is 0. The highest BCUT2D eigenvalue weighted by Crippen LogP contribution is 2.38. The third kappa shape index (κ3) is 39.9. The van der Waals surface area contributed by atoms with Crippen LogP contribution >= 0.6 is 7.82 Å². The van der Waals surface area contributed by atoms with Crippen molar-refractivity contribution in [2.24, 2.45) is 0 Å². The number of likely N-dealkylation sites (N-methyl/N-ethyl adjacent to an activating group) is 1. The van der Waals surface area contributed by atoms with Crippen LogP contribution < -0.4 is 4.89 Å². The van der Waals surface area contributed by atoms with Gasteiger partial charge in [-0.1, -0.05) is 140 Å². The first-order valence-corrected chi connectivity index (χ1v) is 23.2.